The van der Waals surface area contributed by atoms with Crippen molar-refractivity contribution in [1.82, 2.24) is 20.6 Å². The Kier molecular flexibility index (Phi) is 6.90. The fourth-order valence-corrected chi connectivity index (χ4v) is 4.77. The van der Waals surface area contributed by atoms with Crippen LogP contribution < -0.4 is 29.6 Å². The van der Waals surface area contributed by atoms with Gasteiger partial charge in [-0.15, -0.1) is 0 Å². The lowest BCUT2D eigenvalue weighted by molar-refractivity contribution is -0.126. The summed E-state index contributed by atoms with van der Waals surface area (Å²) >= 11 is 0. The molecule has 2 N–H and O–H groups in total. The molecule has 2 aliphatic rings. The summed E-state index contributed by atoms with van der Waals surface area (Å²) in [7, 11) is 1.62. The zero-order valence-electron chi connectivity index (χ0n) is 20.5. The number of benzene rings is 2. The molecule has 2 aliphatic heterocycles. The van der Waals surface area contributed by atoms with Gasteiger partial charge < -0.3 is 29.6 Å². The molecular formula is C27H30N4O5. The van der Waals surface area contributed by atoms with Gasteiger partial charge in [0.2, 0.25) is 6.79 Å². The van der Waals surface area contributed by atoms with Gasteiger partial charge in [0, 0.05) is 24.5 Å². The number of rotatable bonds is 8. The molecule has 188 valence electrons. The zero-order chi connectivity index (χ0) is 25.0. The molecule has 0 aliphatic carbocycles. The van der Waals surface area contributed by atoms with E-state index in [9.17, 15) is 4.79 Å². The lowest BCUT2D eigenvalue weighted by atomic mass is 9.75. The molecule has 2 aromatic carbocycles. The van der Waals surface area contributed by atoms with Crippen LogP contribution in [0.4, 0.5) is 0 Å². The van der Waals surface area contributed by atoms with Gasteiger partial charge in [0.15, 0.2) is 18.1 Å². The first-order valence-corrected chi connectivity index (χ1v) is 12.1. The van der Waals surface area contributed by atoms with Gasteiger partial charge >= 0.3 is 6.01 Å². The number of methoxy groups -OCH3 is 1. The lowest BCUT2D eigenvalue weighted by Crippen LogP contribution is -2.54. The second-order valence-electron chi connectivity index (χ2n) is 9.14. The molecule has 0 bridgehead atoms. The first kappa shape index (κ1) is 23.9. The third-order valence-electron chi connectivity index (χ3n) is 6.85. The van der Waals surface area contributed by atoms with E-state index >= 15 is 0 Å². The number of nitrogens with zero attached hydrogens (tertiary/aromatic N) is 2. The van der Waals surface area contributed by atoms with Crippen LogP contribution >= 0.6 is 0 Å². The van der Waals surface area contributed by atoms with E-state index < -0.39 is 5.54 Å². The van der Waals surface area contributed by atoms with Crippen molar-refractivity contribution in [3.8, 4) is 34.4 Å². The SMILES string of the molecule is COc1cccc(-c2cnc(OCC(=O)NC(C)(c3ccc4c(c3)OCO4)C3CCCNC3)nc2)c1. The van der Waals surface area contributed by atoms with Gasteiger partial charge in [-0.3, -0.25) is 4.79 Å². The number of carbonyl (C=O) groups is 1. The second-order valence-corrected chi connectivity index (χ2v) is 9.14. The van der Waals surface area contributed by atoms with Gasteiger partial charge in [0.05, 0.1) is 12.6 Å². The first-order valence-electron chi connectivity index (χ1n) is 12.1. The Morgan fingerprint density at radius 1 is 1.14 bits per heavy atom. The average molecular weight is 491 g/mol. The molecule has 9 heteroatoms. The number of piperidine rings is 1. The van der Waals surface area contributed by atoms with Gasteiger partial charge in [-0.05, 0) is 67.6 Å². The van der Waals surface area contributed by atoms with E-state index in [0.29, 0.717) is 11.5 Å². The third-order valence-corrected chi connectivity index (χ3v) is 6.85. The first-order chi connectivity index (χ1) is 17.5. The van der Waals surface area contributed by atoms with Gasteiger partial charge in [-0.2, -0.15) is 0 Å². The number of carbonyl (C=O) groups excluding carboxylic acids is 1. The molecule has 1 fully saturated rings. The molecule has 1 amide bonds. The van der Waals surface area contributed by atoms with Crippen LogP contribution in [0.1, 0.15) is 25.3 Å². The maximum absolute atomic E-state index is 13.1. The van der Waals surface area contributed by atoms with Gasteiger partial charge in [0.1, 0.15) is 5.75 Å². The van der Waals surface area contributed by atoms with E-state index in [4.69, 9.17) is 18.9 Å². The van der Waals surface area contributed by atoms with Gasteiger partial charge in [-0.25, -0.2) is 9.97 Å². The standard InChI is InChI=1S/C27H30N4O5/c1-27(21-6-4-10-28-15-21,20-8-9-23-24(12-20)36-17-35-23)31-25(32)16-34-26-29-13-19(14-30-26)18-5-3-7-22(11-18)33-2/h3,5,7-9,11-14,21,28H,4,6,10,15-17H2,1-2H3,(H,31,32). The fraction of sp³-hybridized carbons (Fsp3) is 0.370. The summed E-state index contributed by atoms with van der Waals surface area (Å²) in [6, 6.07) is 13.6. The second kappa shape index (κ2) is 10.4. The minimum atomic E-state index is -0.619. The number of aromatic nitrogens is 2. The minimum absolute atomic E-state index is 0.140. The highest BCUT2D eigenvalue weighted by molar-refractivity contribution is 5.78. The Morgan fingerprint density at radius 3 is 2.75 bits per heavy atom. The van der Waals surface area contributed by atoms with Crippen LogP contribution in [0, 0.1) is 5.92 Å². The van der Waals surface area contributed by atoms with Crippen molar-refractivity contribution in [2.75, 3.05) is 33.6 Å². The third kappa shape index (κ3) is 5.06. The largest absolute Gasteiger partial charge is 0.497 e. The van der Waals surface area contributed by atoms with E-state index in [1.54, 1.807) is 19.5 Å². The molecule has 0 radical (unpaired) electrons. The number of hydrogen-bond donors (Lipinski definition) is 2. The molecule has 2 unspecified atom stereocenters. The van der Waals surface area contributed by atoms with E-state index in [-0.39, 0.29) is 31.2 Å². The quantitative estimate of drug-likeness (QED) is 0.496. The minimum Gasteiger partial charge on any atom is -0.497 e. The molecule has 36 heavy (non-hydrogen) atoms. The summed E-state index contributed by atoms with van der Waals surface area (Å²) in [5.74, 6) is 2.11. The lowest BCUT2D eigenvalue weighted by Gasteiger charge is -2.41. The topological polar surface area (TPSA) is 104 Å². The Morgan fingerprint density at radius 2 is 1.97 bits per heavy atom. The maximum atomic E-state index is 13.1. The van der Waals surface area contributed by atoms with Gasteiger partial charge in [0.25, 0.3) is 5.91 Å². The van der Waals surface area contributed by atoms with Crippen molar-refractivity contribution < 1.29 is 23.7 Å². The van der Waals surface area contributed by atoms with Crippen molar-refractivity contribution in [3.05, 3.63) is 60.4 Å². The van der Waals surface area contributed by atoms with E-state index in [1.807, 2.05) is 42.5 Å². The Balaban J connectivity index is 1.27. The van der Waals surface area contributed by atoms with Crippen molar-refractivity contribution in [2.24, 2.45) is 5.92 Å². The molecule has 2 atom stereocenters. The van der Waals surface area contributed by atoms with E-state index in [2.05, 4.69) is 27.5 Å². The van der Waals surface area contributed by atoms with Crippen LogP contribution in [0.2, 0.25) is 0 Å². The van der Waals surface area contributed by atoms with E-state index in [1.165, 1.54) is 0 Å². The Labute approximate surface area is 210 Å². The summed E-state index contributed by atoms with van der Waals surface area (Å²) in [6.07, 6.45) is 5.37. The molecule has 0 spiro atoms. The van der Waals surface area contributed by atoms with Crippen LogP contribution in [0.5, 0.6) is 23.3 Å². The van der Waals surface area contributed by atoms with Crippen molar-refractivity contribution in [2.45, 2.75) is 25.3 Å². The molecular weight excluding hydrogens is 460 g/mol. The Hall–Kier alpha value is -3.85. The van der Waals surface area contributed by atoms with Crippen LogP contribution in [0.3, 0.4) is 0 Å². The van der Waals surface area contributed by atoms with Crippen LogP contribution in [0.15, 0.2) is 54.9 Å². The predicted octanol–water partition coefficient (Wildman–Crippen LogP) is 3.29. The van der Waals surface area contributed by atoms with E-state index in [0.717, 1.165) is 48.4 Å². The highest BCUT2D eigenvalue weighted by Crippen LogP contribution is 2.40. The summed E-state index contributed by atoms with van der Waals surface area (Å²) < 4.78 is 22.0. The molecule has 1 aromatic heterocycles. The van der Waals surface area contributed by atoms with Crippen LogP contribution in [0.25, 0.3) is 11.1 Å². The normalized spacial score (nSPS) is 18.2. The molecule has 0 saturated carbocycles. The summed E-state index contributed by atoms with van der Waals surface area (Å²) in [4.78, 5) is 21.6. The highest BCUT2D eigenvalue weighted by atomic mass is 16.7. The van der Waals surface area contributed by atoms with Crippen molar-refractivity contribution >= 4 is 5.91 Å². The molecule has 5 rings (SSSR count). The number of nitrogens with one attached hydrogen (secondary N) is 2. The maximum Gasteiger partial charge on any atom is 0.316 e. The highest BCUT2D eigenvalue weighted by Gasteiger charge is 2.39. The number of hydrogen-bond acceptors (Lipinski definition) is 8. The monoisotopic (exact) mass is 490 g/mol. The van der Waals surface area contributed by atoms with Crippen molar-refractivity contribution in [3.63, 3.8) is 0 Å². The number of fused-ring (bicyclic) bond motifs is 1. The zero-order valence-corrected chi connectivity index (χ0v) is 20.5. The molecule has 3 heterocycles. The number of ether oxygens (including phenoxy) is 4. The molecule has 3 aromatic rings. The van der Waals surface area contributed by atoms with Crippen molar-refractivity contribution in [1.29, 1.82) is 0 Å². The number of amides is 1. The molecule has 9 nitrogen and oxygen atoms in total. The van der Waals surface area contributed by atoms with Crippen LogP contribution in [-0.2, 0) is 10.3 Å². The average Bonchev–Trinajstić information content (AvgIpc) is 3.41. The summed E-state index contributed by atoms with van der Waals surface area (Å²) in [5.41, 5.74) is 2.10. The predicted molar refractivity (Wildman–Crippen MR) is 133 cm³/mol. The Bertz CT molecular complexity index is 1210. The summed E-state index contributed by atoms with van der Waals surface area (Å²) in [6.45, 7) is 3.85. The van der Waals surface area contributed by atoms with Crippen LogP contribution in [-0.4, -0.2) is 49.5 Å². The fourth-order valence-electron chi connectivity index (χ4n) is 4.77. The summed E-state index contributed by atoms with van der Waals surface area (Å²) in [5, 5.41) is 6.67. The smallest absolute Gasteiger partial charge is 0.316 e. The molecule has 1 saturated heterocycles. The van der Waals surface area contributed by atoms with Gasteiger partial charge in [-0.1, -0.05) is 18.2 Å².